The average molecular weight is 830 g/mol. The summed E-state index contributed by atoms with van der Waals surface area (Å²) in [5, 5.41) is 9.23. The minimum atomic E-state index is -4.17. The van der Waals surface area contributed by atoms with Gasteiger partial charge in [-0.25, -0.2) is 4.72 Å². The van der Waals surface area contributed by atoms with Gasteiger partial charge in [0.15, 0.2) is 0 Å². The first kappa shape index (κ1) is 44.5. The third-order valence-electron chi connectivity index (χ3n) is 15.8. The highest BCUT2D eigenvalue weighted by Gasteiger charge is 2.85. The Bertz CT molecular complexity index is 1750. The molecule has 14 nitrogen and oxygen atoms in total. The first-order chi connectivity index (χ1) is 27.2. The Balaban J connectivity index is 1.28. The Morgan fingerprint density at radius 1 is 0.897 bits per heavy atom. The Morgan fingerprint density at radius 3 is 2.10 bits per heavy atom. The van der Waals surface area contributed by atoms with Crippen molar-refractivity contribution in [1.82, 2.24) is 34.8 Å². The van der Waals surface area contributed by atoms with Crippen molar-refractivity contribution in [3.8, 4) is 0 Å². The van der Waals surface area contributed by atoms with Crippen LogP contribution in [0, 0.1) is 33.5 Å². The van der Waals surface area contributed by atoms with Gasteiger partial charge in [-0.15, -0.1) is 6.58 Å². The van der Waals surface area contributed by atoms with Crippen molar-refractivity contribution in [3.05, 3.63) is 12.7 Å². The van der Waals surface area contributed by atoms with Gasteiger partial charge in [0.05, 0.1) is 6.04 Å². The minimum Gasteiger partial charge on any atom is -0.343 e. The van der Waals surface area contributed by atoms with Gasteiger partial charge in [0.1, 0.15) is 23.7 Å². The largest absolute Gasteiger partial charge is 0.343 e. The Labute approximate surface area is 347 Å². The Kier molecular flexibility index (Phi) is 12.4. The maximum absolute atomic E-state index is 15.2. The molecule has 4 aliphatic carbocycles. The lowest BCUT2D eigenvalue weighted by molar-refractivity contribution is -0.145. The van der Waals surface area contributed by atoms with E-state index in [1.807, 2.05) is 34.6 Å². The molecule has 2 saturated heterocycles. The lowest BCUT2D eigenvalue weighted by atomic mass is 9.73. The van der Waals surface area contributed by atoms with E-state index in [4.69, 9.17) is 0 Å². The zero-order valence-electron chi connectivity index (χ0n) is 36.4. The quantitative estimate of drug-likeness (QED) is 0.181. The van der Waals surface area contributed by atoms with Crippen LogP contribution < -0.4 is 20.7 Å². The van der Waals surface area contributed by atoms with Crippen LogP contribution in [0.15, 0.2) is 12.7 Å². The molecule has 2 heterocycles. The second-order valence-electron chi connectivity index (χ2n) is 20.1. The number of likely N-dealkylation sites (tertiary alicyclic amines) is 2. The molecular weight excluding hydrogens is 759 g/mol. The van der Waals surface area contributed by atoms with E-state index in [2.05, 4.69) is 46.0 Å². The number of rotatable bonds is 15. The molecule has 6 rings (SSSR count). The van der Waals surface area contributed by atoms with Crippen molar-refractivity contribution in [2.24, 2.45) is 33.5 Å². The molecule has 0 aromatic heterocycles. The number of carbonyl (C=O) groups excluding carboxylic acids is 5. The predicted molar refractivity (Wildman–Crippen MR) is 222 cm³/mol. The van der Waals surface area contributed by atoms with Crippen molar-refractivity contribution in [3.63, 3.8) is 0 Å². The first-order valence-corrected chi connectivity index (χ1v) is 23.5. The van der Waals surface area contributed by atoms with Gasteiger partial charge in [0.2, 0.25) is 23.6 Å². The number of hydrogen-bond donors (Lipinski definition) is 4. The Hall–Kier alpha value is -3.04. The third-order valence-corrected chi connectivity index (χ3v) is 17.2. The van der Waals surface area contributed by atoms with E-state index < -0.39 is 57.0 Å². The molecule has 0 aromatic rings. The van der Waals surface area contributed by atoms with Crippen LogP contribution in [0.4, 0.5) is 0 Å². The van der Waals surface area contributed by atoms with E-state index in [0.717, 1.165) is 81.6 Å². The number of hydrogen-bond acceptors (Lipinski definition) is 8. The molecule has 0 aromatic carbocycles. The Morgan fingerprint density at radius 2 is 1.57 bits per heavy atom. The van der Waals surface area contributed by atoms with Gasteiger partial charge in [0.25, 0.3) is 5.91 Å². The van der Waals surface area contributed by atoms with E-state index in [9.17, 15) is 27.6 Å². The lowest BCUT2D eigenvalue weighted by Crippen LogP contribution is -2.63. The standard InChI is InChI=1S/C43H71N7O7S/c1-10-23-48(9)58(56,57)47-38(55)43(25-29(43)11-2)46-35(52)31-26-42(40(7,8)41(42)21-17-22-41)27-50(31)37(54)33(39(4,5)6)45-36(53)32(28-18-14-13-15-19-28)44-34(51)30-20-16-24-49(30)12-3/h11,28-33H,2,10,12-27H2,1,3-9H3,(H,44,51)(H,45,53)(H,46,52)(H,47,55)/t29-,30+,31?,32?,33-,42-,43-/m1/s1. The van der Waals surface area contributed by atoms with Gasteiger partial charge in [-0.1, -0.05) is 80.2 Å². The highest BCUT2D eigenvalue weighted by Crippen LogP contribution is 2.88. The van der Waals surface area contributed by atoms with Crippen LogP contribution in [-0.4, -0.2) is 115 Å². The van der Waals surface area contributed by atoms with Crippen LogP contribution in [0.2, 0.25) is 0 Å². The third kappa shape index (κ3) is 7.51. The maximum Gasteiger partial charge on any atom is 0.303 e. The monoisotopic (exact) mass is 830 g/mol. The van der Waals surface area contributed by atoms with E-state index in [-0.39, 0.29) is 58.9 Å². The summed E-state index contributed by atoms with van der Waals surface area (Å²) in [5.74, 6) is -2.84. The highest BCUT2D eigenvalue weighted by atomic mass is 32.2. The van der Waals surface area contributed by atoms with Crippen LogP contribution in [0.25, 0.3) is 0 Å². The molecule has 7 atom stereocenters. The number of amides is 5. The first-order valence-electron chi connectivity index (χ1n) is 22.1. The van der Waals surface area contributed by atoms with E-state index in [0.29, 0.717) is 19.4 Å². The van der Waals surface area contributed by atoms with Crippen molar-refractivity contribution in [2.75, 3.05) is 33.2 Å². The summed E-state index contributed by atoms with van der Waals surface area (Å²) in [6, 6.07) is -3.07. The smallest absolute Gasteiger partial charge is 0.303 e. The normalized spacial score (nSPS) is 31.3. The number of nitrogens with one attached hydrogen (secondary N) is 4. The molecular formula is C43H71N7O7S. The molecule has 4 N–H and O–H groups in total. The SMILES string of the molecule is C=C[C@@H]1C[C@]1(NC(=O)C1C[C@@]2(CN1C(=O)[C@@H](NC(=O)C(NC(=O)[C@@H]1CCCN1CC)C1CCCCC1)C(C)(C)C)C(C)(C)C21CCC1)C(=O)NS(=O)(=O)N(C)CCC. The fourth-order valence-corrected chi connectivity index (χ4v) is 12.8. The van der Waals surface area contributed by atoms with Gasteiger partial charge in [-0.2, -0.15) is 12.7 Å². The molecule has 15 heteroatoms. The molecule has 6 aliphatic rings. The molecule has 2 unspecified atom stereocenters. The second kappa shape index (κ2) is 16.1. The highest BCUT2D eigenvalue weighted by molar-refractivity contribution is 7.87. The fraction of sp³-hybridized carbons (Fsp3) is 0.837. The van der Waals surface area contributed by atoms with Crippen LogP contribution in [0.3, 0.4) is 0 Å². The summed E-state index contributed by atoms with van der Waals surface area (Å²) in [5.41, 5.74) is -2.81. The van der Waals surface area contributed by atoms with Crippen molar-refractivity contribution in [1.29, 1.82) is 0 Å². The summed E-state index contributed by atoms with van der Waals surface area (Å²) in [6.07, 6.45) is 12.0. The molecule has 2 aliphatic heterocycles. The fourth-order valence-electron chi connectivity index (χ4n) is 11.8. The molecule has 0 bridgehead atoms. The lowest BCUT2D eigenvalue weighted by Gasteiger charge is -2.38. The maximum atomic E-state index is 15.2. The van der Waals surface area contributed by atoms with Gasteiger partial charge in [-0.05, 0) is 93.0 Å². The van der Waals surface area contributed by atoms with E-state index in [1.165, 1.54) is 7.05 Å². The number of fused-ring (bicyclic) bond motifs is 1. The van der Waals surface area contributed by atoms with Crippen LogP contribution >= 0.6 is 0 Å². The zero-order valence-corrected chi connectivity index (χ0v) is 37.2. The summed E-state index contributed by atoms with van der Waals surface area (Å²) in [4.78, 5) is 75.9. The summed E-state index contributed by atoms with van der Waals surface area (Å²) in [7, 11) is -2.78. The van der Waals surface area contributed by atoms with Crippen molar-refractivity contribution >= 4 is 39.7 Å². The van der Waals surface area contributed by atoms with Crippen molar-refractivity contribution in [2.45, 2.75) is 162 Å². The summed E-state index contributed by atoms with van der Waals surface area (Å²) >= 11 is 0. The second-order valence-corrected chi connectivity index (χ2v) is 21.8. The molecule has 2 spiro atoms. The van der Waals surface area contributed by atoms with Gasteiger partial charge in [-0.3, -0.25) is 28.9 Å². The average Bonchev–Trinajstić information content (AvgIpc) is 3.66. The topological polar surface area (TPSA) is 177 Å². The predicted octanol–water partition coefficient (Wildman–Crippen LogP) is 3.63. The number of nitrogens with zero attached hydrogens (tertiary/aromatic N) is 3. The van der Waals surface area contributed by atoms with E-state index >= 15 is 4.79 Å². The molecule has 326 valence electrons. The molecule has 6 fully saturated rings. The van der Waals surface area contributed by atoms with Gasteiger partial charge >= 0.3 is 10.2 Å². The zero-order chi connectivity index (χ0) is 42.6. The number of likely N-dealkylation sites (N-methyl/N-ethyl adjacent to an activating group) is 1. The summed E-state index contributed by atoms with van der Waals surface area (Å²) < 4.78 is 29.4. The van der Waals surface area contributed by atoms with Gasteiger partial charge < -0.3 is 20.9 Å². The van der Waals surface area contributed by atoms with E-state index in [1.54, 1.807) is 11.0 Å². The minimum absolute atomic E-state index is 0.0206. The molecule has 58 heavy (non-hydrogen) atoms. The van der Waals surface area contributed by atoms with Gasteiger partial charge in [0, 0.05) is 31.5 Å². The van der Waals surface area contributed by atoms with Crippen LogP contribution in [0.1, 0.15) is 132 Å². The molecule has 4 saturated carbocycles. The molecule has 0 radical (unpaired) electrons. The van der Waals surface area contributed by atoms with Crippen molar-refractivity contribution < 1.29 is 32.4 Å². The summed E-state index contributed by atoms with van der Waals surface area (Å²) in [6.45, 7) is 20.0. The van der Waals surface area contributed by atoms with Crippen LogP contribution in [0.5, 0.6) is 0 Å². The number of carbonyl (C=O) groups is 5. The molecule has 5 amide bonds. The van der Waals surface area contributed by atoms with Crippen LogP contribution in [-0.2, 0) is 34.2 Å².